The van der Waals surface area contributed by atoms with Crippen molar-refractivity contribution in [1.29, 1.82) is 5.26 Å². The van der Waals surface area contributed by atoms with Gasteiger partial charge in [0, 0.05) is 12.1 Å². The highest BCUT2D eigenvalue weighted by molar-refractivity contribution is 5.11. The fourth-order valence-electron chi connectivity index (χ4n) is 3.24. The van der Waals surface area contributed by atoms with E-state index in [0.29, 0.717) is 12.1 Å². The zero-order chi connectivity index (χ0) is 13.6. The lowest BCUT2D eigenvalue weighted by Crippen LogP contribution is -2.54. The third-order valence-electron chi connectivity index (χ3n) is 4.15. The maximum Gasteiger partial charge on any atom is 0.108 e. The summed E-state index contributed by atoms with van der Waals surface area (Å²) in [6.07, 6.45) is 5.49. The number of hydrogen-bond donors (Lipinski definition) is 1. The highest BCUT2D eigenvalue weighted by atomic mass is 15.2. The Kier molecular flexibility index (Phi) is 6.11. The van der Waals surface area contributed by atoms with E-state index in [1.165, 1.54) is 6.42 Å². The Hall–Kier alpha value is -0.590. The highest BCUT2D eigenvalue weighted by Gasteiger charge is 2.38. The number of hydrogen-bond acceptors (Lipinski definition) is 3. The summed E-state index contributed by atoms with van der Waals surface area (Å²) in [7, 11) is 0. The van der Waals surface area contributed by atoms with Crippen molar-refractivity contribution in [3.63, 3.8) is 0 Å². The van der Waals surface area contributed by atoms with Crippen molar-refractivity contribution in [3.05, 3.63) is 0 Å². The summed E-state index contributed by atoms with van der Waals surface area (Å²) in [5, 5.41) is 13.0. The van der Waals surface area contributed by atoms with Crippen LogP contribution < -0.4 is 5.32 Å². The van der Waals surface area contributed by atoms with Gasteiger partial charge in [0.05, 0.1) is 6.07 Å². The minimum atomic E-state index is -0.277. The molecule has 1 saturated carbocycles. The Labute approximate surface area is 113 Å². The van der Waals surface area contributed by atoms with Crippen LogP contribution in [0.25, 0.3) is 0 Å². The molecule has 0 amide bonds. The van der Waals surface area contributed by atoms with Gasteiger partial charge < -0.3 is 0 Å². The van der Waals surface area contributed by atoms with Gasteiger partial charge in [-0.2, -0.15) is 5.26 Å². The monoisotopic (exact) mass is 251 g/mol. The predicted octanol–water partition coefficient (Wildman–Crippen LogP) is 2.92. The number of nitriles is 1. The molecular weight excluding hydrogens is 222 g/mol. The van der Waals surface area contributed by atoms with Gasteiger partial charge in [0.25, 0.3) is 0 Å². The molecule has 2 unspecified atom stereocenters. The second kappa shape index (κ2) is 7.11. The van der Waals surface area contributed by atoms with Gasteiger partial charge in [0.1, 0.15) is 5.54 Å². The minimum absolute atomic E-state index is 0.277. The van der Waals surface area contributed by atoms with E-state index in [1.54, 1.807) is 0 Å². The van der Waals surface area contributed by atoms with Crippen molar-refractivity contribution < 1.29 is 0 Å². The lowest BCUT2D eigenvalue weighted by molar-refractivity contribution is 0.0977. The fourth-order valence-corrected chi connectivity index (χ4v) is 3.24. The zero-order valence-electron chi connectivity index (χ0n) is 12.5. The number of rotatable bonds is 6. The van der Waals surface area contributed by atoms with E-state index in [1.807, 2.05) is 0 Å². The van der Waals surface area contributed by atoms with Crippen LogP contribution in [0.15, 0.2) is 0 Å². The Morgan fingerprint density at radius 3 is 2.67 bits per heavy atom. The summed E-state index contributed by atoms with van der Waals surface area (Å²) in [6, 6.07) is 3.70. The molecule has 0 radical (unpaired) electrons. The third kappa shape index (κ3) is 3.70. The molecule has 0 heterocycles. The average molecular weight is 251 g/mol. The molecule has 1 fully saturated rings. The van der Waals surface area contributed by atoms with Crippen LogP contribution in [0.2, 0.25) is 0 Å². The first-order chi connectivity index (χ1) is 8.58. The van der Waals surface area contributed by atoms with Crippen molar-refractivity contribution >= 4 is 0 Å². The number of nitrogens with one attached hydrogen (secondary N) is 1. The lowest BCUT2D eigenvalue weighted by Gasteiger charge is -2.43. The molecule has 0 bridgehead atoms. The first-order valence-electron chi connectivity index (χ1n) is 7.50. The summed E-state index contributed by atoms with van der Waals surface area (Å²) >= 11 is 0. The largest absolute Gasteiger partial charge is 0.299 e. The number of nitrogens with zero attached hydrogens (tertiary/aromatic N) is 2. The Morgan fingerprint density at radius 1 is 1.44 bits per heavy atom. The molecule has 0 spiro atoms. The van der Waals surface area contributed by atoms with Crippen LogP contribution in [-0.4, -0.2) is 35.6 Å². The second-order valence-electron chi connectivity index (χ2n) is 5.80. The average Bonchev–Trinajstić information content (AvgIpc) is 2.37. The third-order valence-corrected chi connectivity index (χ3v) is 4.15. The van der Waals surface area contributed by atoms with E-state index in [9.17, 15) is 5.26 Å². The van der Waals surface area contributed by atoms with Crippen LogP contribution >= 0.6 is 0 Å². The molecule has 2 atom stereocenters. The summed E-state index contributed by atoms with van der Waals surface area (Å²) in [5.41, 5.74) is -0.277. The Morgan fingerprint density at radius 2 is 2.17 bits per heavy atom. The molecule has 3 nitrogen and oxygen atoms in total. The van der Waals surface area contributed by atoms with Gasteiger partial charge in [-0.15, -0.1) is 0 Å². The van der Waals surface area contributed by atoms with Gasteiger partial charge >= 0.3 is 0 Å². The van der Waals surface area contributed by atoms with Crippen LogP contribution in [-0.2, 0) is 0 Å². The summed E-state index contributed by atoms with van der Waals surface area (Å²) in [5.74, 6) is 0. The van der Waals surface area contributed by atoms with Crippen LogP contribution in [0, 0.1) is 11.3 Å². The van der Waals surface area contributed by atoms with E-state index in [2.05, 4.69) is 44.0 Å². The maximum absolute atomic E-state index is 9.55. The van der Waals surface area contributed by atoms with Gasteiger partial charge in [-0.1, -0.05) is 13.8 Å². The zero-order valence-corrected chi connectivity index (χ0v) is 12.5. The molecule has 0 aromatic rings. The highest BCUT2D eigenvalue weighted by Crippen LogP contribution is 2.31. The van der Waals surface area contributed by atoms with E-state index >= 15 is 0 Å². The van der Waals surface area contributed by atoms with Gasteiger partial charge in [-0.05, 0) is 59.0 Å². The van der Waals surface area contributed by atoms with Crippen molar-refractivity contribution in [2.45, 2.75) is 77.4 Å². The van der Waals surface area contributed by atoms with Crippen molar-refractivity contribution in [2.24, 2.45) is 0 Å². The van der Waals surface area contributed by atoms with Crippen molar-refractivity contribution in [2.75, 3.05) is 13.1 Å². The van der Waals surface area contributed by atoms with E-state index in [-0.39, 0.29) is 5.54 Å². The smallest absolute Gasteiger partial charge is 0.108 e. The Balaban J connectivity index is 2.71. The molecule has 0 aliphatic heterocycles. The summed E-state index contributed by atoms with van der Waals surface area (Å²) < 4.78 is 0. The molecule has 104 valence electrons. The van der Waals surface area contributed by atoms with Crippen LogP contribution in [0.4, 0.5) is 0 Å². The van der Waals surface area contributed by atoms with Crippen molar-refractivity contribution in [3.8, 4) is 6.07 Å². The maximum atomic E-state index is 9.55. The first kappa shape index (κ1) is 15.5. The topological polar surface area (TPSA) is 39.1 Å². The second-order valence-corrected chi connectivity index (χ2v) is 5.80. The molecule has 18 heavy (non-hydrogen) atoms. The van der Waals surface area contributed by atoms with Gasteiger partial charge in [0.2, 0.25) is 0 Å². The molecule has 0 aromatic heterocycles. The van der Waals surface area contributed by atoms with Crippen LogP contribution in [0.1, 0.15) is 59.8 Å². The molecule has 1 N–H and O–H groups in total. The molecular formula is C15H29N3. The van der Waals surface area contributed by atoms with Crippen molar-refractivity contribution in [1.82, 2.24) is 10.2 Å². The summed E-state index contributed by atoms with van der Waals surface area (Å²) in [4.78, 5) is 2.54. The lowest BCUT2D eigenvalue weighted by atomic mass is 9.79. The SMILES string of the molecule is CCCNC1(C#N)CCCC(N(CC)C(C)C)C1. The molecule has 1 aliphatic carbocycles. The normalized spacial score (nSPS) is 28.6. The predicted molar refractivity (Wildman–Crippen MR) is 76.4 cm³/mol. The molecule has 0 aromatic carbocycles. The Bertz CT molecular complexity index is 282. The van der Waals surface area contributed by atoms with Crippen LogP contribution in [0.5, 0.6) is 0 Å². The van der Waals surface area contributed by atoms with Gasteiger partial charge in [-0.25, -0.2) is 0 Å². The van der Waals surface area contributed by atoms with E-state index in [0.717, 1.165) is 38.8 Å². The summed E-state index contributed by atoms with van der Waals surface area (Å²) in [6.45, 7) is 10.9. The first-order valence-corrected chi connectivity index (χ1v) is 7.50. The molecule has 1 aliphatic rings. The minimum Gasteiger partial charge on any atom is -0.299 e. The fraction of sp³-hybridized carbons (Fsp3) is 0.933. The van der Waals surface area contributed by atoms with Gasteiger partial charge in [-0.3, -0.25) is 10.2 Å². The molecule has 3 heteroatoms. The van der Waals surface area contributed by atoms with Crippen LogP contribution in [0.3, 0.4) is 0 Å². The molecule has 1 rings (SSSR count). The van der Waals surface area contributed by atoms with E-state index in [4.69, 9.17) is 0 Å². The standard InChI is InChI=1S/C15H29N3/c1-5-10-17-15(12-16)9-7-8-14(11-15)18(6-2)13(3)4/h13-14,17H,5-11H2,1-4H3. The van der Waals surface area contributed by atoms with E-state index < -0.39 is 0 Å². The molecule has 0 saturated heterocycles. The van der Waals surface area contributed by atoms with Gasteiger partial charge in [0.15, 0.2) is 0 Å². The quantitative estimate of drug-likeness (QED) is 0.789.